The first-order valence-corrected chi connectivity index (χ1v) is 9.85. The van der Waals surface area contributed by atoms with Gasteiger partial charge in [-0.3, -0.25) is 4.79 Å². The van der Waals surface area contributed by atoms with Gasteiger partial charge in [0.25, 0.3) is 0 Å². The maximum atomic E-state index is 12.5. The number of rotatable bonds is 5. The zero-order valence-electron chi connectivity index (χ0n) is 11.4. The van der Waals surface area contributed by atoms with Crippen LogP contribution in [0.25, 0.3) is 0 Å². The average Bonchev–Trinajstić information content (AvgIpc) is 2.26. The van der Waals surface area contributed by atoms with Crippen molar-refractivity contribution < 1.29 is 30.0 Å². The Labute approximate surface area is 118 Å². The molecule has 1 unspecified atom stereocenters. The summed E-state index contributed by atoms with van der Waals surface area (Å²) in [6.45, 7) is 1.23. The smallest absolute Gasteiger partial charge is 0.299 e. The van der Waals surface area contributed by atoms with Gasteiger partial charge in [-0.05, 0) is 26.0 Å². The van der Waals surface area contributed by atoms with Crippen LogP contribution in [0.3, 0.4) is 0 Å². The number of ketones is 1. The van der Waals surface area contributed by atoms with Gasteiger partial charge in [-0.1, -0.05) is 19.3 Å². The molecule has 9 heteroatoms. The molecule has 4 nitrogen and oxygen atoms in total. The van der Waals surface area contributed by atoms with E-state index in [-0.39, 0.29) is 16.8 Å². The van der Waals surface area contributed by atoms with Crippen LogP contribution >= 0.6 is 10.3 Å². The van der Waals surface area contributed by atoms with Gasteiger partial charge in [0.1, 0.15) is 5.78 Å². The molecule has 0 aromatic heterocycles. The summed E-state index contributed by atoms with van der Waals surface area (Å²) >= 11 is 0. The zero-order valence-corrected chi connectivity index (χ0v) is 13.0. The van der Waals surface area contributed by atoms with E-state index >= 15 is 0 Å². The van der Waals surface area contributed by atoms with Gasteiger partial charge in [0.2, 0.25) is 0 Å². The Morgan fingerprint density at radius 1 is 1.20 bits per heavy atom. The minimum absolute atomic E-state index is 0.257. The van der Waals surface area contributed by atoms with Crippen LogP contribution in [0.2, 0.25) is 0 Å². The number of carbonyl (C=O) groups is 1. The summed E-state index contributed by atoms with van der Waals surface area (Å²) < 4.78 is 64.5. The van der Waals surface area contributed by atoms with Gasteiger partial charge in [-0.2, -0.15) is 21.6 Å². The molecule has 0 bridgehead atoms. The second kappa shape index (κ2) is 6.23. The van der Waals surface area contributed by atoms with Crippen LogP contribution in [0.5, 0.6) is 0 Å². The molecule has 0 N–H and O–H groups in total. The third kappa shape index (κ3) is 4.36. The highest BCUT2D eigenvalue weighted by molar-refractivity contribution is 8.33. The summed E-state index contributed by atoms with van der Waals surface area (Å²) in [6, 6.07) is 0. The summed E-state index contributed by atoms with van der Waals surface area (Å²) in [5, 5.41) is -0.280. The number of hydrogen-bond donors (Lipinski definition) is 0. The number of Topliss-reactive ketones (excluding diaryl/α,β-unsaturated/α-hetero) is 1. The zero-order chi connectivity index (χ0) is 15.6. The van der Waals surface area contributed by atoms with Crippen molar-refractivity contribution in [2.24, 2.45) is 0 Å². The molecule has 1 atom stereocenters. The van der Waals surface area contributed by atoms with Crippen LogP contribution in [0.1, 0.15) is 39.0 Å². The third-order valence-corrected chi connectivity index (χ3v) is 8.66. The Balaban J connectivity index is 3.02. The van der Waals surface area contributed by atoms with Gasteiger partial charge in [0, 0.05) is 5.25 Å². The average molecular weight is 336 g/mol. The molecule has 1 fully saturated rings. The van der Waals surface area contributed by atoms with E-state index in [0.717, 1.165) is 19.3 Å². The quantitative estimate of drug-likeness (QED) is 0.724. The van der Waals surface area contributed by atoms with Crippen LogP contribution in [0.4, 0.5) is 13.2 Å². The predicted molar refractivity (Wildman–Crippen MR) is 72.0 cm³/mol. The standard InChI is InChI=1S/C11H19F3O4S2/c1-9(15)8-19(2,10-6-4-3-5-7-10)18-20(16,17)11(12,13)14/h10H,3-8H2,1-2H3. The van der Waals surface area contributed by atoms with Gasteiger partial charge >= 0.3 is 15.6 Å². The molecule has 0 amide bonds. The fraction of sp³-hybridized carbons (Fsp3) is 0.909. The molecule has 0 heterocycles. The number of hydrogen-bond acceptors (Lipinski definition) is 4. The maximum absolute atomic E-state index is 12.5. The summed E-state index contributed by atoms with van der Waals surface area (Å²) in [5.74, 6) is -0.613. The van der Waals surface area contributed by atoms with E-state index in [4.69, 9.17) is 0 Å². The number of carbonyl (C=O) groups excluding carboxylic acids is 1. The summed E-state index contributed by atoms with van der Waals surface area (Å²) in [4.78, 5) is 11.3. The summed E-state index contributed by atoms with van der Waals surface area (Å²) in [5.41, 5.74) is -5.45. The topological polar surface area (TPSA) is 60.4 Å². The molecule has 0 aliphatic heterocycles. The van der Waals surface area contributed by atoms with Crippen molar-refractivity contribution in [1.82, 2.24) is 0 Å². The van der Waals surface area contributed by atoms with E-state index in [1.807, 2.05) is 0 Å². The van der Waals surface area contributed by atoms with Crippen LogP contribution in [0.15, 0.2) is 0 Å². The predicted octanol–water partition coefficient (Wildman–Crippen LogP) is 3.12. The van der Waals surface area contributed by atoms with Crippen molar-refractivity contribution in [3.8, 4) is 0 Å². The molecule has 0 saturated heterocycles. The lowest BCUT2D eigenvalue weighted by Crippen LogP contribution is -2.34. The molecule has 20 heavy (non-hydrogen) atoms. The molecular formula is C11H19F3O4S2. The van der Waals surface area contributed by atoms with Crippen molar-refractivity contribution in [3.63, 3.8) is 0 Å². The third-order valence-electron chi connectivity index (χ3n) is 3.28. The molecule has 1 aliphatic carbocycles. The molecule has 0 spiro atoms. The SMILES string of the molecule is CC(=O)CS(C)(OS(=O)(=O)C(F)(F)F)C1CCCCC1. The number of alkyl halides is 3. The first-order chi connectivity index (χ1) is 8.98. The normalized spacial score (nSPS) is 23.1. The van der Waals surface area contributed by atoms with Crippen LogP contribution in [0, 0.1) is 0 Å². The van der Waals surface area contributed by atoms with Crippen LogP contribution in [-0.4, -0.2) is 37.0 Å². The molecule has 0 radical (unpaired) electrons. The van der Waals surface area contributed by atoms with E-state index in [0.29, 0.717) is 12.8 Å². The van der Waals surface area contributed by atoms with Crippen LogP contribution in [-0.2, 0) is 18.5 Å². The second-order valence-corrected chi connectivity index (χ2v) is 10.2. The number of halogens is 3. The minimum atomic E-state index is -5.67. The maximum Gasteiger partial charge on any atom is 0.523 e. The highest BCUT2D eigenvalue weighted by Crippen LogP contribution is 2.57. The monoisotopic (exact) mass is 336 g/mol. The molecule has 120 valence electrons. The van der Waals surface area contributed by atoms with E-state index in [1.165, 1.54) is 13.2 Å². The first kappa shape index (κ1) is 17.8. The molecular weight excluding hydrogens is 317 g/mol. The Kier molecular flexibility index (Phi) is 5.53. The lowest BCUT2D eigenvalue weighted by atomic mass is 10.0. The molecule has 1 saturated carbocycles. The molecule has 1 aliphatic rings. The first-order valence-electron chi connectivity index (χ1n) is 6.24. The molecule has 0 aromatic carbocycles. The van der Waals surface area contributed by atoms with Gasteiger partial charge in [0.05, 0.1) is 5.75 Å². The van der Waals surface area contributed by atoms with Gasteiger partial charge in [-0.25, -0.2) is 3.63 Å². The van der Waals surface area contributed by atoms with Gasteiger partial charge in [-0.15, -0.1) is 10.3 Å². The Morgan fingerprint density at radius 2 is 1.70 bits per heavy atom. The van der Waals surface area contributed by atoms with Gasteiger partial charge < -0.3 is 0 Å². The van der Waals surface area contributed by atoms with Crippen molar-refractivity contribution in [3.05, 3.63) is 0 Å². The van der Waals surface area contributed by atoms with Crippen molar-refractivity contribution in [2.45, 2.75) is 49.8 Å². The van der Waals surface area contributed by atoms with Gasteiger partial charge in [0.15, 0.2) is 0 Å². The molecule has 0 aromatic rings. The molecule has 1 rings (SSSR count). The highest BCUT2D eigenvalue weighted by Gasteiger charge is 2.51. The van der Waals surface area contributed by atoms with Crippen molar-refractivity contribution in [2.75, 3.05) is 12.0 Å². The fourth-order valence-electron chi connectivity index (χ4n) is 2.41. The van der Waals surface area contributed by atoms with Crippen molar-refractivity contribution in [1.29, 1.82) is 0 Å². The lowest BCUT2D eigenvalue weighted by molar-refractivity contribution is -0.114. The van der Waals surface area contributed by atoms with Crippen LogP contribution < -0.4 is 0 Å². The van der Waals surface area contributed by atoms with E-state index in [1.54, 1.807) is 0 Å². The second-order valence-electron chi connectivity index (χ2n) is 5.15. The fourth-order valence-corrected chi connectivity index (χ4v) is 7.36. The Bertz CT molecular complexity index is 455. The lowest BCUT2D eigenvalue weighted by Gasteiger charge is -2.42. The highest BCUT2D eigenvalue weighted by atomic mass is 32.3. The van der Waals surface area contributed by atoms with E-state index in [9.17, 15) is 26.4 Å². The largest absolute Gasteiger partial charge is 0.523 e. The Hall–Kier alpha value is -0.280. The van der Waals surface area contributed by atoms with E-state index < -0.39 is 25.9 Å². The summed E-state index contributed by atoms with van der Waals surface area (Å²) in [6.07, 6.45) is 5.19. The van der Waals surface area contributed by atoms with E-state index in [2.05, 4.69) is 3.63 Å². The Morgan fingerprint density at radius 3 is 2.10 bits per heavy atom. The minimum Gasteiger partial charge on any atom is -0.299 e. The summed E-state index contributed by atoms with van der Waals surface area (Å²) in [7, 11) is -8.30. The van der Waals surface area contributed by atoms with Crippen molar-refractivity contribution >= 4 is 26.2 Å².